The Hall–Kier alpha value is -1.06. The molecule has 0 bridgehead atoms. The lowest BCUT2D eigenvalue weighted by atomic mass is 9.73. The molecular weight excluding hydrogens is 262 g/mol. The Kier molecular flexibility index (Phi) is 3.43. The van der Waals surface area contributed by atoms with Crippen LogP contribution in [0.15, 0.2) is 24.3 Å². The highest BCUT2D eigenvalue weighted by atomic mass is 16.5. The molecule has 3 aliphatic rings. The minimum Gasteiger partial charge on any atom is -0.388 e. The molecular formula is C18H25NO2. The van der Waals surface area contributed by atoms with Crippen LogP contribution in [0.5, 0.6) is 0 Å². The van der Waals surface area contributed by atoms with Crippen LogP contribution in [0, 0.1) is 0 Å². The first-order valence-corrected chi connectivity index (χ1v) is 8.45. The van der Waals surface area contributed by atoms with Crippen LogP contribution >= 0.6 is 0 Å². The van der Waals surface area contributed by atoms with Crippen molar-refractivity contribution >= 4 is 5.69 Å². The van der Waals surface area contributed by atoms with Gasteiger partial charge in [-0.25, -0.2) is 0 Å². The Morgan fingerprint density at radius 1 is 1.14 bits per heavy atom. The van der Waals surface area contributed by atoms with Crippen molar-refractivity contribution in [3.63, 3.8) is 0 Å². The second-order valence-corrected chi connectivity index (χ2v) is 6.94. The van der Waals surface area contributed by atoms with Gasteiger partial charge in [-0.1, -0.05) is 18.2 Å². The van der Waals surface area contributed by atoms with Crippen molar-refractivity contribution in [3.05, 3.63) is 29.8 Å². The quantitative estimate of drug-likeness (QED) is 0.859. The molecule has 1 aliphatic carbocycles. The lowest BCUT2D eigenvalue weighted by Gasteiger charge is -2.50. The van der Waals surface area contributed by atoms with E-state index in [1.165, 1.54) is 24.9 Å². The highest BCUT2D eigenvalue weighted by Crippen LogP contribution is 2.45. The highest BCUT2D eigenvalue weighted by molar-refractivity contribution is 5.56. The fourth-order valence-electron chi connectivity index (χ4n) is 4.33. The number of fused-ring (bicyclic) bond motifs is 1. The van der Waals surface area contributed by atoms with Crippen molar-refractivity contribution in [1.82, 2.24) is 0 Å². The van der Waals surface area contributed by atoms with E-state index < -0.39 is 0 Å². The molecule has 21 heavy (non-hydrogen) atoms. The summed E-state index contributed by atoms with van der Waals surface area (Å²) in [4.78, 5) is 2.56. The smallest absolute Gasteiger partial charge is 0.0810 e. The van der Waals surface area contributed by atoms with Crippen molar-refractivity contribution in [3.8, 4) is 0 Å². The number of ether oxygens (including phenoxy) is 1. The summed E-state index contributed by atoms with van der Waals surface area (Å²) in [5, 5.41) is 10.4. The first kappa shape index (κ1) is 13.6. The van der Waals surface area contributed by atoms with Gasteiger partial charge in [0.05, 0.1) is 11.7 Å². The van der Waals surface area contributed by atoms with Crippen LogP contribution in [0.4, 0.5) is 5.69 Å². The molecule has 4 rings (SSSR count). The number of aliphatic hydroxyl groups is 1. The van der Waals surface area contributed by atoms with Gasteiger partial charge in [-0.15, -0.1) is 0 Å². The molecule has 1 N–H and O–H groups in total. The molecule has 1 aromatic rings. The fourth-order valence-corrected chi connectivity index (χ4v) is 4.33. The summed E-state index contributed by atoms with van der Waals surface area (Å²) in [6.07, 6.45) is 7.72. The molecule has 0 amide bonds. The number of nitrogens with zero attached hydrogens (tertiary/aromatic N) is 1. The molecule has 114 valence electrons. The van der Waals surface area contributed by atoms with Crippen LogP contribution in [0.25, 0.3) is 0 Å². The minimum atomic E-state index is -0.302. The van der Waals surface area contributed by atoms with Crippen LogP contribution in [-0.4, -0.2) is 29.9 Å². The Bertz CT molecular complexity index is 512. The van der Waals surface area contributed by atoms with Crippen molar-refractivity contribution in [1.29, 1.82) is 0 Å². The molecule has 2 aliphatic heterocycles. The van der Waals surface area contributed by atoms with Crippen LogP contribution in [0.1, 0.15) is 56.6 Å². The van der Waals surface area contributed by atoms with Crippen LogP contribution < -0.4 is 4.90 Å². The van der Waals surface area contributed by atoms with E-state index in [9.17, 15) is 5.11 Å². The molecule has 1 spiro atoms. The topological polar surface area (TPSA) is 32.7 Å². The highest BCUT2D eigenvalue weighted by Gasteiger charge is 2.44. The summed E-state index contributed by atoms with van der Waals surface area (Å²) in [6.45, 7) is 1.96. The zero-order valence-electron chi connectivity index (χ0n) is 12.6. The summed E-state index contributed by atoms with van der Waals surface area (Å²) < 4.78 is 6.09. The first-order valence-electron chi connectivity index (χ1n) is 8.45. The average Bonchev–Trinajstić information content (AvgIpc) is 2.66. The lowest BCUT2D eigenvalue weighted by Crippen LogP contribution is -2.52. The number of rotatable bonds is 1. The summed E-state index contributed by atoms with van der Waals surface area (Å²) in [6, 6.07) is 9.00. The van der Waals surface area contributed by atoms with E-state index in [1.807, 2.05) is 6.07 Å². The van der Waals surface area contributed by atoms with E-state index in [0.717, 1.165) is 44.4 Å². The summed E-state index contributed by atoms with van der Waals surface area (Å²) in [5.74, 6) is 0. The van der Waals surface area contributed by atoms with Crippen LogP contribution in [0.2, 0.25) is 0 Å². The van der Waals surface area contributed by atoms with Gasteiger partial charge < -0.3 is 14.7 Å². The lowest BCUT2D eigenvalue weighted by molar-refractivity contribution is -0.132. The molecule has 3 heteroatoms. The molecule has 0 radical (unpaired) electrons. The zero-order chi connectivity index (χ0) is 14.3. The molecule has 0 aromatic heterocycles. The third kappa shape index (κ3) is 2.36. The van der Waals surface area contributed by atoms with Gasteiger partial charge in [0.15, 0.2) is 0 Å². The summed E-state index contributed by atoms with van der Waals surface area (Å²) >= 11 is 0. The summed E-state index contributed by atoms with van der Waals surface area (Å²) in [5.41, 5.74) is 2.55. The van der Waals surface area contributed by atoms with E-state index in [-0.39, 0.29) is 11.7 Å². The molecule has 1 saturated heterocycles. The van der Waals surface area contributed by atoms with Gasteiger partial charge in [0.1, 0.15) is 0 Å². The largest absolute Gasteiger partial charge is 0.388 e. The number of para-hydroxylation sites is 1. The second kappa shape index (κ2) is 5.29. The van der Waals surface area contributed by atoms with E-state index in [1.54, 1.807) is 0 Å². The molecule has 2 atom stereocenters. The fraction of sp³-hybridized carbons (Fsp3) is 0.667. The van der Waals surface area contributed by atoms with E-state index >= 15 is 0 Å². The van der Waals surface area contributed by atoms with Gasteiger partial charge in [-0.05, 0) is 51.0 Å². The predicted octanol–water partition coefficient (Wildman–Crippen LogP) is 3.42. The maximum Gasteiger partial charge on any atom is 0.0810 e. The SMILES string of the molecule is OC1CCCN(C2CCOC3(CCC3)C2)c2ccccc21. The molecule has 1 aromatic carbocycles. The van der Waals surface area contributed by atoms with Gasteiger partial charge in [-0.2, -0.15) is 0 Å². The van der Waals surface area contributed by atoms with Gasteiger partial charge in [0.2, 0.25) is 0 Å². The maximum absolute atomic E-state index is 10.4. The van der Waals surface area contributed by atoms with Crippen molar-refractivity contribution in [2.75, 3.05) is 18.1 Å². The van der Waals surface area contributed by atoms with Gasteiger partial charge in [-0.3, -0.25) is 0 Å². The van der Waals surface area contributed by atoms with Crippen molar-refractivity contribution in [2.24, 2.45) is 0 Å². The van der Waals surface area contributed by atoms with Gasteiger partial charge >= 0.3 is 0 Å². The third-order valence-electron chi connectivity index (χ3n) is 5.65. The minimum absolute atomic E-state index is 0.183. The number of hydrogen-bond acceptors (Lipinski definition) is 3. The number of anilines is 1. The average molecular weight is 287 g/mol. The van der Waals surface area contributed by atoms with E-state index in [2.05, 4.69) is 23.1 Å². The molecule has 3 nitrogen and oxygen atoms in total. The molecule has 2 heterocycles. The predicted molar refractivity (Wildman–Crippen MR) is 83.5 cm³/mol. The van der Waals surface area contributed by atoms with E-state index in [0.29, 0.717) is 6.04 Å². The number of benzene rings is 1. The Morgan fingerprint density at radius 2 is 2.00 bits per heavy atom. The van der Waals surface area contributed by atoms with Crippen molar-refractivity contribution < 1.29 is 9.84 Å². The van der Waals surface area contributed by atoms with E-state index in [4.69, 9.17) is 4.74 Å². The number of hydrogen-bond donors (Lipinski definition) is 1. The van der Waals surface area contributed by atoms with Gasteiger partial charge in [0.25, 0.3) is 0 Å². The normalized spacial score (nSPS) is 31.4. The van der Waals surface area contributed by atoms with Crippen LogP contribution in [0.3, 0.4) is 0 Å². The first-order chi connectivity index (χ1) is 10.3. The van der Waals surface area contributed by atoms with Crippen molar-refractivity contribution in [2.45, 2.75) is 62.7 Å². The molecule has 2 unspecified atom stereocenters. The van der Waals surface area contributed by atoms with Crippen LogP contribution in [-0.2, 0) is 4.74 Å². The monoisotopic (exact) mass is 287 g/mol. The second-order valence-electron chi connectivity index (χ2n) is 6.94. The Labute approximate surface area is 126 Å². The Morgan fingerprint density at radius 3 is 2.81 bits per heavy atom. The molecule has 2 fully saturated rings. The van der Waals surface area contributed by atoms with Gasteiger partial charge in [0, 0.05) is 30.4 Å². The zero-order valence-corrected chi connectivity index (χ0v) is 12.6. The standard InChI is InChI=1S/C18H25NO2/c20-17-7-3-11-19(16-6-2-1-5-15(16)17)14-8-12-21-18(13-14)9-4-10-18/h1-2,5-6,14,17,20H,3-4,7-13H2. The summed E-state index contributed by atoms with van der Waals surface area (Å²) in [7, 11) is 0. The Balaban J connectivity index is 1.63. The maximum atomic E-state index is 10.4. The third-order valence-corrected chi connectivity index (χ3v) is 5.65. The molecule has 1 saturated carbocycles. The number of aliphatic hydroxyl groups excluding tert-OH is 1.